The Balaban J connectivity index is 1.99. The van der Waals surface area contributed by atoms with E-state index in [0.717, 1.165) is 32.2 Å². The molecule has 1 aliphatic rings. The van der Waals surface area contributed by atoms with E-state index >= 15 is 0 Å². The van der Waals surface area contributed by atoms with Crippen LogP contribution in [0.2, 0.25) is 0 Å². The Morgan fingerprint density at radius 3 is 3.05 bits per heavy atom. The fourth-order valence-corrected chi connectivity index (χ4v) is 2.57. The molecule has 0 radical (unpaired) electrons. The summed E-state index contributed by atoms with van der Waals surface area (Å²) in [6.07, 6.45) is 4.12. The molecule has 1 unspecified atom stereocenters. The lowest BCUT2D eigenvalue weighted by molar-refractivity contribution is 0.158. The van der Waals surface area contributed by atoms with Crippen molar-refractivity contribution in [2.24, 2.45) is 0 Å². The average molecular weight is 280 g/mol. The minimum atomic E-state index is 0.462. The van der Waals surface area contributed by atoms with Gasteiger partial charge in [-0.3, -0.25) is 0 Å². The lowest BCUT2D eigenvalue weighted by Crippen LogP contribution is -2.40. The molecule has 1 aromatic rings. The van der Waals surface area contributed by atoms with Gasteiger partial charge in [0.1, 0.15) is 0 Å². The van der Waals surface area contributed by atoms with Crippen molar-refractivity contribution in [3.63, 3.8) is 0 Å². The summed E-state index contributed by atoms with van der Waals surface area (Å²) in [7, 11) is 5.49. The number of aromatic nitrogens is 2. The van der Waals surface area contributed by atoms with Gasteiger partial charge in [0.15, 0.2) is 0 Å². The van der Waals surface area contributed by atoms with Crippen molar-refractivity contribution >= 4 is 5.95 Å². The number of anilines is 1. The molecule has 112 valence electrons. The Kier molecular flexibility index (Phi) is 5.55. The van der Waals surface area contributed by atoms with Crippen LogP contribution in [0, 0.1) is 0 Å². The van der Waals surface area contributed by atoms with E-state index in [9.17, 15) is 0 Å². The first-order chi connectivity index (χ1) is 9.74. The fraction of sp³-hybridized carbons (Fsp3) is 0.714. The van der Waals surface area contributed by atoms with Crippen molar-refractivity contribution in [3.05, 3.63) is 12.3 Å². The van der Waals surface area contributed by atoms with Crippen molar-refractivity contribution in [2.45, 2.75) is 18.9 Å². The van der Waals surface area contributed by atoms with Crippen LogP contribution in [0.25, 0.3) is 0 Å². The summed E-state index contributed by atoms with van der Waals surface area (Å²) in [6, 6.07) is 2.24. The monoisotopic (exact) mass is 280 g/mol. The smallest absolute Gasteiger partial charge is 0.228 e. The third-order valence-electron chi connectivity index (χ3n) is 3.66. The predicted molar refractivity (Wildman–Crippen MR) is 78.3 cm³/mol. The maximum Gasteiger partial charge on any atom is 0.228 e. The Morgan fingerprint density at radius 1 is 1.45 bits per heavy atom. The number of likely N-dealkylation sites (N-methyl/N-ethyl adjacent to an activating group) is 1. The highest BCUT2D eigenvalue weighted by Gasteiger charge is 2.27. The van der Waals surface area contributed by atoms with Crippen molar-refractivity contribution in [1.29, 1.82) is 0 Å². The molecule has 0 aromatic carbocycles. The summed E-state index contributed by atoms with van der Waals surface area (Å²) in [5.41, 5.74) is 0. The molecular formula is C14H24N4O2. The van der Waals surface area contributed by atoms with Crippen LogP contribution >= 0.6 is 0 Å². The normalized spacial score (nSPS) is 18.8. The lowest BCUT2D eigenvalue weighted by Gasteiger charge is -2.28. The van der Waals surface area contributed by atoms with Crippen molar-refractivity contribution in [1.82, 2.24) is 14.9 Å². The Morgan fingerprint density at radius 2 is 2.30 bits per heavy atom. The van der Waals surface area contributed by atoms with E-state index in [1.165, 1.54) is 12.8 Å². The molecule has 0 aliphatic carbocycles. The molecule has 0 amide bonds. The third kappa shape index (κ3) is 3.80. The molecule has 6 heteroatoms. The molecule has 1 aliphatic heterocycles. The highest BCUT2D eigenvalue weighted by atomic mass is 16.5. The van der Waals surface area contributed by atoms with Gasteiger partial charge in [0.05, 0.1) is 13.7 Å². The average Bonchev–Trinajstić information content (AvgIpc) is 2.93. The lowest BCUT2D eigenvalue weighted by atomic mass is 10.2. The van der Waals surface area contributed by atoms with E-state index in [0.29, 0.717) is 11.9 Å². The zero-order valence-electron chi connectivity index (χ0n) is 12.6. The molecule has 1 fully saturated rings. The van der Waals surface area contributed by atoms with Crippen LogP contribution in [0.3, 0.4) is 0 Å². The standard InChI is InChI=1S/C14H24N4O2/c1-17(9-10-19-2)11-12-5-4-8-18(12)14-15-7-6-13(16-14)20-3/h6-7,12H,4-5,8-11H2,1-3H3. The van der Waals surface area contributed by atoms with E-state index in [1.54, 1.807) is 26.5 Å². The first-order valence-electron chi connectivity index (χ1n) is 7.05. The molecule has 0 N–H and O–H groups in total. The molecule has 0 saturated carbocycles. The van der Waals surface area contributed by atoms with Crippen molar-refractivity contribution in [2.75, 3.05) is 52.4 Å². The summed E-state index contributed by atoms with van der Waals surface area (Å²) in [5.74, 6) is 1.39. The Hall–Kier alpha value is -1.40. The van der Waals surface area contributed by atoms with Crippen molar-refractivity contribution in [3.8, 4) is 5.88 Å². The van der Waals surface area contributed by atoms with E-state index in [-0.39, 0.29) is 0 Å². The number of ether oxygens (including phenoxy) is 2. The molecule has 2 rings (SSSR count). The SMILES string of the molecule is COCCN(C)CC1CCCN1c1nccc(OC)n1. The maximum atomic E-state index is 5.18. The third-order valence-corrected chi connectivity index (χ3v) is 3.66. The highest BCUT2D eigenvalue weighted by Crippen LogP contribution is 2.23. The van der Waals surface area contributed by atoms with Crippen LogP contribution in [0.5, 0.6) is 5.88 Å². The molecule has 1 aromatic heterocycles. The second kappa shape index (κ2) is 7.40. The quantitative estimate of drug-likeness (QED) is 0.743. The van der Waals surface area contributed by atoms with Gasteiger partial charge in [-0.1, -0.05) is 0 Å². The zero-order chi connectivity index (χ0) is 14.4. The van der Waals surface area contributed by atoms with Crippen molar-refractivity contribution < 1.29 is 9.47 Å². The van der Waals surface area contributed by atoms with Gasteiger partial charge < -0.3 is 19.3 Å². The summed E-state index contributed by atoms with van der Waals surface area (Å²) in [5, 5.41) is 0. The predicted octanol–water partition coefficient (Wildman–Crippen LogP) is 1.03. The minimum absolute atomic E-state index is 0.462. The second-order valence-corrected chi connectivity index (χ2v) is 5.14. The maximum absolute atomic E-state index is 5.18. The van der Waals surface area contributed by atoms with Crippen LogP contribution in [0.15, 0.2) is 12.3 Å². The van der Waals surface area contributed by atoms with Gasteiger partial charge in [0.2, 0.25) is 11.8 Å². The number of hydrogen-bond acceptors (Lipinski definition) is 6. The van der Waals surface area contributed by atoms with Crippen LogP contribution in [-0.4, -0.2) is 68.4 Å². The van der Waals surface area contributed by atoms with Gasteiger partial charge in [0.25, 0.3) is 0 Å². The van der Waals surface area contributed by atoms with Gasteiger partial charge in [-0.15, -0.1) is 0 Å². The van der Waals surface area contributed by atoms with Crippen LogP contribution in [0.4, 0.5) is 5.95 Å². The summed E-state index contributed by atoms with van der Waals surface area (Å²) < 4.78 is 10.3. The minimum Gasteiger partial charge on any atom is -0.481 e. The second-order valence-electron chi connectivity index (χ2n) is 5.14. The van der Waals surface area contributed by atoms with Crippen LogP contribution in [-0.2, 0) is 4.74 Å². The van der Waals surface area contributed by atoms with E-state index in [1.807, 2.05) is 0 Å². The number of rotatable bonds is 7. The van der Waals surface area contributed by atoms with E-state index in [4.69, 9.17) is 9.47 Å². The number of hydrogen-bond donors (Lipinski definition) is 0. The van der Waals surface area contributed by atoms with Gasteiger partial charge in [-0.25, -0.2) is 4.98 Å². The van der Waals surface area contributed by atoms with Gasteiger partial charge >= 0.3 is 0 Å². The Bertz CT molecular complexity index is 416. The Labute approximate surface area is 120 Å². The number of methoxy groups -OCH3 is 2. The molecule has 1 atom stereocenters. The van der Waals surface area contributed by atoms with Gasteiger partial charge in [-0.2, -0.15) is 4.98 Å². The number of nitrogens with zero attached hydrogens (tertiary/aromatic N) is 4. The molecule has 2 heterocycles. The summed E-state index contributed by atoms with van der Waals surface area (Å²) >= 11 is 0. The molecule has 20 heavy (non-hydrogen) atoms. The van der Waals surface area contributed by atoms with Crippen LogP contribution in [0.1, 0.15) is 12.8 Å². The van der Waals surface area contributed by atoms with E-state index < -0.39 is 0 Å². The topological polar surface area (TPSA) is 50.7 Å². The summed E-state index contributed by atoms with van der Waals surface area (Å²) in [4.78, 5) is 13.4. The highest BCUT2D eigenvalue weighted by molar-refractivity contribution is 5.35. The first kappa shape index (κ1) is 15.0. The molecule has 0 spiro atoms. The molecule has 0 bridgehead atoms. The molecular weight excluding hydrogens is 256 g/mol. The summed E-state index contributed by atoms with van der Waals surface area (Å²) in [6.45, 7) is 3.72. The first-order valence-corrected chi connectivity index (χ1v) is 7.05. The van der Waals surface area contributed by atoms with Crippen LogP contribution < -0.4 is 9.64 Å². The molecule has 6 nitrogen and oxygen atoms in total. The fourth-order valence-electron chi connectivity index (χ4n) is 2.57. The molecule has 1 saturated heterocycles. The van der Waals surface area contributed by atoms with Gasteiger partial charge in [0, 0.05) is 45.0 Å². The van der Waals surface area contributed by atoms with Gasteiger partial charge in [-0.05, 0) is 19.9 Å². The zero-order valence-corrected chi connectivity index (χ0v) is 12.6. The van der Waals surface area contributed by atoms with E-state index in [2.05, 4.69) is 26.8 Å². The largest absolute Gasteiger partial charge is 0.481 e.